The summed E-state index contributed by atoms with van der Waals surface area (Å²) in [5, 5.41) is 0.500. The molecule has 0 saturated heterocycles. The molecule has 6 nitrogen and oxygen atoms in total. The molecule has 0 aliphatic rings. The molecule has 2 aromatic heterocycles. The Kier molecular flexibility index (Phi) is 3.69. The third kappa shape index (κ3) is 2.85. The van der Waals surface area contributed by atoms with Crippen LogP contribution in [0.5, 0.6) is 0 Å². The monoisotopic (exact) mass is 307 g/mol. The van der Waals surface area contributed by atoms with Crippen LogP contribution in [0.1, 0.15) is 21.6 Å². The van der Waals surface area contributed by atoms with Gasteiger partial charge < -0.3 is 9.72 Å². The Balaban J connectivity index is 1.94. The lowest BCUT2D eigenvalue weighted by Crippen LogP contribution is -2.16. The van der Waals surface area contributed by atoms with Crippen LogP contribution in [-0.2, 0) is 4.74 Å². The summed E-state index contributed by atoms with van der Waals surface area (Å²) in [5.41, 5.74) is 2.32. The number of esters is 1. The third-order valence-corrected chi connectivity index (χ3v) is 3.31. The standard InChI is InChI=1S/C17H13N3O3/c1-11-9-14-15(19-11)18-10-20(16(14)21)8-7-12-3-5-13(6-4-12)17(22)23-2/h3-6,9-10,19H,1-2H3. The molecule has 0 amide bonds. The molecule has 2 heterocycles. The predicted octanol–water partition coefficient (Wildman–Crippen LogP) is 1.68. The maximum absolute atomic E-state index is 12.3. The van der Waals surface area contributed by atoms with Crippen LogP contribution in [-0.4, -0.2) is 27.6 Å². The van der Waals surface area contributed by atoms with Crippen LogP contribution in [0, 0.1) is 18.9 Å². The van der Waals surface area contributed by atoms with Gasteiger partial charge in [0.05, 0.1) is 18.1 Å². The van der Waals surface area contributed by atoms with Crippen LogP contribution < -0.4 is 5.56 Å². The van der Waals surface area contributed by atoms with Crippen molar-refractivity contribution in [2.24, 2.45) is 0 Å². The average Bonchev–Trinajstić information content (AvgIpc) is 2.95. The first kappa shape index (κ1) is 14.6. The van der Waals surface area contributed by atoms with E-state index in [1.807, 2.05) is 6.92 Å². The fourth-order valence-electron chi connectivity index (χ4n) is 2.15. The number of benzene rings is 1. The quantitative estimate of drug-likeness (QED) is 0.548. The zero-order valence-corrected chi connectivity index (χ0v) is 12.6. The van der Waals surface area contributed by atoms with Crippen LogP contribution in [0.3, 0.4) is 0 Å². The van der Waals surface area contributed by atoms with E-state index < -0.39 is 5.97 Å². The topological polar surface area (TPSA) is 77.0 Å². The molecule has 0 aliphatic carbocycles. The molecule has 0 saturated carbocycles. The number of aryl methyl sites for hydroxylation is 1. The predicted molar refractivity (Wildman–Crippen MR) is 85.1 cm³/mol. The van der Waals surface area contributed by atoms with E-state index >= 15 is 0 Å². The summed E-state index contributed by atoms with van der Waals surface area (Å²) < 4.78 is 5.87. The molecule has 0 bridgehead atoms. The highest BCUT2D eigenvalue weighted by molar-refractivity contribution is 5.89. The molecule has 3 rings (SSSR count). The molecule has 1 aromatic carbocycles. The molecule has 0 unspecified atom stereocenters. The number of nitrogens with one attached hydrogen (secondary N) is 1. The minimum Gasteiger partial charge on any atom is -0.465 e. The molecule has 0 atom stereocenters. The maximum Gasteiger partial charge on any atom is 0.337 e. The lowest BCUT2D eigenvalue weighted by Gasteiger charge is -1.98. The maximum atomic E-state index is 12.3. The number of aromatic amines is 1. The van der Waals surface area contributed by atoms with Crippen LogP contribution >= 0.6 is 0 Å². The summed E-state index contributed by atoms with van der Waals surface area (Å²) in [6, 6.07) is 11.1. The number of hydrogen-bond donors (Lipinski definition) is 1. The van der Waals surface area contributed by atoms with Gasteiger partial charge in [-0.2, -0.15) is 0 Å². The van der Waals surface area contributed by atoms with Crippen molar-refractivity contribution in [3.63, 3.8) is 0 Å². The second-order valence-electron chi connectivity index (χ2n) is 4.94. The average molecular weight is 307 g/mol. The van der Waals surface area contributed by atoms with Gasteiger partial charge in [0.25, 0.3) is 5.56 Å². The molecule has 3 aromatic rings. The normalized spacial score (nSPS) is 10.2. The lowest BCUT2D eigenvalue weighted by atomic mass is 10.1. The minimum absolute atomic E-state index is 0.224. The van der Waals surface area contributed by atoms with E-state index in [-0.39, 0.29) is 5.56 Å². The summed E-state index contributed by atoms with van der Waals surface area (Å²) in [6.07, 6.45) is 1.39. The number of ether oxygens (including phenoxy) is 1. The summed E-state index contributed by atoms with van der Waals surface area (Å²) in [4.78, 5) is 30.8. The van der Waals surface area contributed by atoms with Gasteiger partial charge in [0.2, 0.25) is 0 Å². The molecule has 0 aliphatic heterocycles. The van der Waals surface area contributed by atoms with Gasteiger partial charge in [-0.3, -0.25) is 4.79 Å². The largest absolute Gasteiger partial charge is 0.465 e. The number of carbonyl (C=O) groups excluding carboxylic acids is 1. The first-order valence-corrected chi connectivity index (χ1v) is 6.86. The van der Waals surface area contributed by atoms with Crippen LogP contribution in [0.15, 0.2) is 41.5 Å². The number of nitrogens with zero attached hydrogens (tertiary/aromatic N) is 2. The zero-order chi connectivity index (χ0) is 16.4. The second kappa shape index (κ2) is 5.81. The van der Waals surface area contributed by atoms with E-state index in [9.17, 15) is 9.59 Å². The van der Waals surface area contributed by atoms with Crippen molar-refractivity contribution in [3.05, 3.63) is 63.8 Å². The van der Waals surface area contributed by atoms with E-state index in [4.69, 9.17) is 0 Å². The Bertz CT molecular complexity index is 1000. The van der Waals surface area contributed by atoms with Crippen molar-refractivity contribution in [1.29, 1.82) is 0 Å². The molecular formula is C17H13N3O3. The Morgan fingerprint density at radius 2 is 2.04 bits per heavy atom. The minimum atomic E-state index is -0.404. The Hall–Kier alpha value is -3.33. The Morgan fingerprint density at radius 1 is 1.30 bits per heavy atom. The van der Waals surface area contributed by atoms with Crippen molar-refractivity contribution in [2.45, 2.75) is 6.92 Å². The van der Waals surface area contributed by atoms with Crippen molar-refractivity contribution in [3.8, 4) is 12.0 Å². The SMILES string of the molecule is COC(=O)c1ccc(C#Cn2cnc3[nH]c(C)cc3c2=O)cc1. The lowest BCUT2D eigenvalue weighted by molar-refractivity contribution is 0.0600. The van der Waals surface area contributed by atoms with Gasteiger partial charge >= 0.3 is 5.97 Å². The van der Waals surface area contributed by atoms with Gasteiger partial charge in [0.1, 0.15) is 12.0 Å². The van der Waals surface area contributed by atoms with Crippen LogP contribution in [0.4, 0.5) is 0 Å². The number of rotatable bonds is 1. The van der Waals surface area contributed by atoms with Crippen molar-refractivity contribution in [2.75, 3.05) is 7.11 Å². The molecule has 6 heteroatoms. The van der Waals surface area contributed by atoms with Crippen molar-refractivity contribution >= 4 is 17.0 Å². The Labute approximate surface area is 131 Å². The van der Waals surface area contributed by atoms with Gasteiger partial charge in [-0.1, -0.05) is 0 Å². The number of hydrogen-bond acceptors (Lipinski definition) is 4. The molecule has 0 fully saturated rings. The highest BCUT2D eigenvalue weighted by atomic mass is 16.5. The first-order chi connectivity index (χ1) is 11.1. The number of aromatic nitrogens is 3. The van der Waals surface area contributed by atoms with E-state index in [0.29, 0.717) is 22.2 Å². The van der Waals surface area contributed by atoms with Crippen molar-refractivity contribution in [1.82, 2.24) is 14.5 Å². The molecule has 0 spiro atoms. The number of carbonyl (C=O) groups is 1. The number of fused-ring (bicyclic) bond motifs is 1. The van der Waals surface area contributed by atoms with Gasteiger partial charge in [-0.05, 0) is 43.2 Å². The van der Waals surface area contributed by atoms with E-state index in [2.05, 4.69) is 26.7 Å². The highest BCUT2D eigenvalue weighted by Crippen LogP contribution is 2.07. The first-order valence-electron chi connectivity index (χ1n) is 6.86. The molecular weight excluding hydrogens is 294 g/mol. The van der Waals surface area contributed by atoms with E-state index in [1.54, 1.807) is 30.3 Å². The second-order valence-corrected chi connectivity index (χ2v) is 4.94. The summed E-state index contributed by atoms with van der Waals surface area (Å²) in [7, 11) is 1.33. The highest BCUT2D eigenvalue weighted by Gasteiger charge is 2.05. The summed E-state index contributed by atoms with van der Waals surface area (Å²) >= 11 is 0. The molecule has 0 radical (unpaired) electrons. The number of methoxy groups -OCH3 is 1. The van der Waals surface area contributed by atoms with Gasteiger partial charge in [-0.25, -0.2) is 14.3 Å². The van der Waals surface area contributed by atoms with E-state index in [0.717, 1.165) is 5.69 Å². The van der Waals surface area contributed by atoms with Crippen LogP contribution in [0.25, 0.3) is 11.0 Å². The Morgan fingerprint density at radius 3 is 2.74 bits per heavy atom. The molecule has 1 N–H and O–H groups in total. The summed E-state index contributed by atoms with van der Waals surface area (Å²) in [5.74, 6) is 2.46. The fraction of sp³-hybridized carbons (Fsp3) is 0.118. The summed E-state index contributed by atoms with van der Waals surface area (Å²) in [6.45, 7) is 1.86. The van der Waals surface area contributed by atoms with Gasteiger partial charge in [-0.15, -0.1) is 0 Å². The third-order valence-electron chi connectivity index (χ3n) is 3.31. The van der Waals surface area contributed by atoms with Crippen LogP contribution in [0.2, 0.25) is 0 Å². The zero-order valence-electron chi connectivity index (χ0n) is 12.6. The molecule has 23 heavy (non-hydrogen) atoms. The molecule has 114 valence electrons. The number of H-pyrrole nitrogens is 1. The van der Waals surface area contributed by atoms with E-state index in [1.165, 1.54) is 18.0 Å². The van der Waals surface area contributed by atoms with Gasteiger partial charge in [0, 0.05) is 17.3 Å². The van der Waals surface area contributed by atoms with Gasteiger partial charge in [0.15, 0.2) is 0 Å². The fourth-order valence-corrected chi connectivity index (χ4v) is 2.15. The smallest absolute Gasteiger partial charge is 0.337 e. The van der Waals surface area contributed by atoms with Crippen molar-refractivity contribution < 1.29 is 9.53 Å².